The predicted octanol–water partition coefficient (Wildman–Crippen LogP) is 2.82. The lowest BCUT2D eigenvalue weighted by atomic mass is 10.1. The fraction of sp³-hybridized carbons (Fsp3) is 0.0455. The third-order valence-corrected chi connectivity index (χ3v) is 4.43. The summed E-state index contributed by atoms with van der Waals surface area (Å²) in [6.07, 6.45) is 2.63. The van der Waals surface area contributed by atoms with Crippen LogP contribution < -0.4 is 5.56 Å². The summed E-state index contributed by atoms with van der Waals surface area (Å²) >= 11 is 0. The summed E-state index contributed by atoms with van der Waals surface area (Å²) in [6, 6.07) is 16.7. The van der Waals surface area contributed by atoms with Crippen LogP contribution in [-0.2, 0) is 6.54 Å². The first-order valence-electron chi connectivity index (χ1n) is 9.02. The van der Waals surface area contributed by atoms with E-state index in [-0.39, 0.29) is 23.4 Å². The summed E-state index contributed by atoms with van der Waals surface area (Å²) in [5.41, 5.74) is 2.53. The molecular formula is C22H16N4O4. The number of carboxylic acid groups (broad SMARTS) is 1. The van der Waals surface area contributed by atoms with E-state index in [0.29, 0.717) is 17.1 Å². The lowest BCUT2D eigenvalue weighted by Gasteiger charge is -2.09. The van der Waals surface area contributed by atoms with Crippen molar-refractivity contribution in [2.24, 2.45) is 0 Å². The quantitative estimate of drug-likeness (QED) is 0.529. The van der Waals surface area contributed by atoms with Crippen LogP contribution in [-0.4, -0.2) is 35.9 Å². The van der Waals surface area contributed by atoms with E-state index in [0.717, 1.165) is 11.1 Å². The van der Waals surface area contributed by atoms with Gasteiger partial charge in [0.1, 0.15) is 0 Å². The van der Waals surface area contributed by atoms with Crippen LogP contribution in [0.15, 0.2) is 77.9 Å². The fourth-order valence-electron chi connectivity index (χ4n) is 2.98. The van der Waals surface area contributed by atoms with E-state index in [9.17, 15) is 19.8 Å². The third kappa shape index (κ3) is 4.07. The molecule has 8 nitrogen and oxygen atoms in total. The Morgan fingerprint density at radius 3 is 2.43 bits per heavy atom. The number of aromatic hydroxyl groups is 1. The van der Waals surface area contributed by atoms with Gasteiger partial charge in [-0.05, 0) is 29.8 Å². The summed E-state index contributed by atoms with van der Waals surface area (Å²) in [6.45, 7) is 0.219. The SMILES string of the molecule is O=C(O)c1cccc(-c2ccc(=O)n(Cc3cccc(-c4ncc(O)cn4)c3)n2)c1. The third-order valence-electron chi connectivity index (χ3n) is 4.43. The van der Waals surface area contributed by atoms with Gasteiger partial charge in [-0.3, -0.25) is 4.79 Å². The zero-order valence-electron chi connectivity index (χ0n) is 15.6. The molecule has 2 N–H and O–H groups in total. The number of carboxylic acids is 1. The molecule has 4 rings (SSSR count). The minimum absolute atomic E-state index is 0.0190. The molecule has 0 saturated carbocycles. The van der Waals surface area contributed by atoms with E-state index in [1.54, 1.807) is 18.2 Å². The van der Waals surface area contributed by atoms with Crippen molar-refractivity contribution in [2.75, 3.05) is 0 Å². The highest BCUT2D eigenvalue weighted by molar-refractivity contribution is 5.89. The smallest absolute Gasteiger partial charge is 0.335 e. The van der Waals surface area contributed by atoms with Crippen molar-refractivity contribution in [3.63, 3.8) is 0 Å². The first kappa shape index (κ1) is 19.0. The molecule has 0 fully saturated rings. The van der Waals surface area contributed by atoms with Crippen molar-refractivity contribution in [3.8, 4) is 28.4 Å². The Labute approximate surface area is 170 Å². The number of carbonyl (C=O) groups is 1. The average Bonchev–Trinajstić information content (AvgIpc) is 2.76. The van der Waals surface area contributed by atoms with E-state index in [1.807, 2.05) is 24.3 Å². The standard InChI is InChI=1S/C22H16N4O4/c27-18-11-23-21(24-12-18)16-5-1-3-14(9-16)13-26-20(28)8-7-19(25-26)15-4-2-6-17(10-15)22(29)30/h1-12,27H,13H2,(H,29,30). The molecule has 0 spiro atoms. The van der Waals surface area contributed by atoms with Gasteiger partial charge in [-0.25, -0.2) is 19.4 Å². The molecule has 2 aromatic heterocycles. The molecule has 0 unspecified atom stereocenters. The zero-order chi connectivity index (χ0) is 21.1. The van der Waals surface area contributed by atoms with Gasteiger partial charge in [0.2, 0.25) is 0 Å². The normalized spacial score (nSPS) is 10.7. The van der Waals surface area contributed by atoms with Gasteiger partial charge in [-0.15, -0.1) is 0 Å². The Morgan fingerprint density at radius 2 is 1.67 bits per heavy atom. The van der Waals surface area contributed by atoms with Crippen molar-refractivity contribution < 1.29 is 15.0 Å². The largest absolute Gasteiger partial charge is 0.505 e. The van der Waals surface area contributed by atoms with Crippen molar-refractivity contribution in [3.05, 3.63) is 94.5 Å². The van der Waals surface area contributed by atoms with Crippen LogP contribution in [0.3, 0.4) is 0 Å². The number of aromatic carboxylic acids is 1. The maximum absolute atomic E-state index is 12.3. The number of nitrogens with zero attached hydrogens (tertiary/aromatic N) is 4. The molecule has 2 heterocycles. The highest BCUT2D eigenvalue weighted by atomic mass is 16.4. The molecule has 8 heteroatoms. The van der Waals surface area contributed by atoms with Crippen molar-refractivity contribution >= 4 is 5.97 Å². The number of benzene rings is 2. The Kier molecular flexibility index (Phi) is 5.04. The van der Waals surface area contributed by atoms with Crippen LogP contribution in [0.5, 0.6) is 5.75 Å². The molecule has 30 heavy (non-hydrogen) atoms. The Morgan fingerprint density at radius 1 is 0.933 bits per heavy atom. The Bertz CT molecular complexity index is 1280. The maximum atomic E-state index is 12.3. The molecule has 2 aromatic carbocycles. The molecular weight excluding hydrogens is 384 g/mol. The molecule has 0 atom stereocenters. The van der Waals surface area contributed by atoms with Crippen LogP contribution in [0.1, 0.15) is 15.9 Å². The molecule has 0 aliphatic rings. The molecule has 0 aliphatic heterocycles. The summed E-state index contributed by atoms with van der Waals surface area (Å²) < 4.78 is 1.32. The first-order chi connectivity index (χ1) is 14.5. The predicted molar refractivity (Wildman–Crippen MR) is 109 cm³/mol. The van der Waals surface area contributed by atoms with E-state index < -0.39 is 5.97 Å². The summed E-state index contributed by atoms with van der Waals surface area (Å²) in [7, 11) is 0. The molecule has 0 radical (unpaired) electrons. The van der Waals surface area contributed by atoms with E-state index >= 15 is 0 Å². The second-order valence-electron chi connectivity index (χ2n) is 6.57. The molecule has 4 aromatic rings. The highest BCUT2D eigenvalue weighted by Crippen LogP contribution is 2.19. The molecule has 0 bridgehead atoms. The topological polar surface area (TPSA) is 118 Å². The van der Waals surface area contributed by atoms with Gasteiger partial charge in [0.15, 0.2) is 11.6 Å². The number of hydrogen-bond donors (Lipinski definition) is 2. The van der Waals surface area contributed by atoms with Crippen LogP contribution in [0.4, 0.5) is 0 Å². The lowest BCUT2D eigenvalue weighted by Crippen LogP contribution is -2.22. The van der Waals surface area contributed by atoms with Gasteiger partial charge in [-0.2, -0.15) is 5.10 Å². The highest BCUT2D eigenvalue weighted by Gasteiger charge is 2.09. The van der Waals surface area contributed by atoms with Crippen molar-refractivity contribution in [2.45, 2.75) is 6.54 Å². The number of rotatable bonds is 5. The van der Waals surface area contributed by atoms with Crippen molar-refractivity contribution in [1.82, 2.24) is 19.7 Å². The lowest BCUT2D eigenvalue weighted by molar-refractivity contribution is 0.0697. The van der Waals surface area contributed by atoms with Gasteiger partial charge in [0.25, 0.3) is 5.56 Å². The monoisotopic (exact) mass is 400 g/mol. The zero-order valence-corrected chi connectivity index (χ0v) is 15.6. The van der Waals surface area contributed by atoms with Gasteiger partial charge in [-0.1, -0.05) is 30.3 Å². The fourth-order valence-corrected chi connectivity index (χ4v) is 2.98. The number of aromatic nitrogens is 4. The van der Waals surface area contributed by atoms with Gasteiger partial charge in [0.05, 0.1) is 30.2 Å². The average molecular weight is 400 g/mol. The molecule has 0 amide bonds. The second kappa shape index (κ2) is 7.96. The van der Waals surface area contributed by atoms with Crippen LogP contribution in [0.2, 0.25) is 0 Å². The minimum atomic E-state index is -1.03. The van der Waals surface area contributed by atoms with Crippen LogP contribution in [0, 0.1) is 0 Å². The summed E-state index contributed by atoms with van der Waals surface area (Å²) in [4.78, 5) is 31.7. The van der Waals surface area contributed by atoms with Gasteiger partial charge in [0, 0.05) is 17.2 Å². The Balaban J connectivity index is 1.66. The second-order valence-corrected chi connectivity index (χ2v) is 6.57. The van der Waals surface area contributed by atoms with Gasteiger partial charge >= 0.3 is 5.97 Å². The summed E-state index contributed by atoms with van der Waals surface area (Å²) in [5, 5.41) is 22.9. The summed E-state index contributed by atoms with van der Waals surface area (Å²) in [5.74, 6) is -0.595. The van der Waals surface area contributed by atoms with E-state index in [4.69, 9.17) is 0 Å². The maximum Gasteiger partial charge on any atom is 0.335 e. The van der Waals surface area contributed by atoms with E-state index in [2.05, 4.69) is 15.1 Å². The molecule has 0 aliphatic carbocycles. The van der Waals surface area contributed by atoms with Gasteiger partial charge < -0.3 is 10.2 Å². The van der Waals surface area contributed by atoms with Crippen LogP contribution in [0.25, 0.3) is 22.6 Å². The molecule has 148 valence electrons. The van der Waals surface area contributed by atoms with Crippen LogP contribution >= 0.6 is 0 Å². The van der Waals surface area contributed by atoms with Crippen molar-refractivity contribution in [1.29, 1.82) is 0 Å². The minimum Gasteiger partial charge on any atom is -0.505 e. The first-order valence-corrected chi connectivity index (χ1v) is 9.02. The molecule has 0 saturated heterocycles. The van der Waals surface area contributed by atoms with E-state index in [1.165, 1.54) is 35.3 Å². The Hall–Kier alpha value is -4.33. The number of hydrogen-bond acceptors (Lipinski definition) is 6.